The molecule has 0 saturated heterocycles. The molecule has 0 spiro atoms. The molecule has 0 unspecified atom stereocenters. The highest BCUT2D eigenvalue weighted by atomic mass is 32.2. The molecule has 1 aromatic carbocycles. The van der Waals surface area contributed by atoms with Crippen molar-refractivity contribution in [2.75, 3.05) is 11.1 Å². The van der Waals surface area contributed by atoms with Gasteiger partial charge in [-0.25, -0.2) is 4.68 Å². The van der Waals surface area contributed by atoms with Gasteiger partial charge in [-0.3, -0.25) is 4.79 Å². The Morgan fingerprint density at radius 1 is 1.38 bits per heavy atom. The van der Waals surface area contributed by atoms with E-state index in [1.807, 2.05) is 36.4 Å². The Morgan fingerprint density at radius 3 is 2.92 bits per heavy atom. The zero-order valence-electron chi connectivity index (χ0n) is 12.1. The van der Waals surface area contributed by atoms with Crippen LogP contribution in [-0.4, -0.2) is 21.4 Å². The number of thiophene rings is 1. The second-order valence-corrected chi connectivity index (χ2v) is 8.25. The van der Waals surface area contributed by atoms with Crippen LogP contribution in [-0.2, 0) is 4.79 Å². The molecule has 1 N–H and O–H groups in total. The number of aromatic nitrogens is 2. The van der Waals surface area contributed by atoms with Gasteiger partial charge in [0, 0.05) is 0 Å². The van der Waals surface area contributed by atoms with Crippen LogP contribution in [0.3, 0.4) is 0 Å². The maximum absolute atomic E-state index is 12.0. The predicted molar refractivity (Wildman–Crippen MR) is 101 cm³/mol. The third-order valence-corrected chi connectivity index (χ3v) is 6.09. The van der Waals surface area contributed by atoms with Crippen molar-refractivity contribution >= 4 is 57.6 Å². The number of para-hydroxylation sites is 1. The van der Waals surface area contributed by atoms with Gasteiger partial charge in [0.2, 0.25) is 5.91 Å². The molecule has 120 valence electrons. The molecule has 2 heterocycles. The maximum Gasteiger partial charge on any atom is 0.235 e. The SMILES string of the molecule is N#Cc1ccsc1NC(=O)CSc1nn(-c2ccccc2)c(=S)s1. The summed E-state index contributed by atoms with van der Waals surface area (Å²) in [5.74, 6) is 0.0335. The first kappa shape index (κ1) is 16.9. The van der Waals surface area contributed by atoms with E-state index < -0.39 is 0 Å². The van der Waals surface area contributed by atoms with E-state index in [1.54, 1.807) is 16.1 Å². The highest BCUT2D eigenvalue weighted by Gasteiger charge is 2.11. The number of nitrogens with zero attached hydrogens (tertiary/aromatic N) is 3. The largest absolute Gasteiger partial charge is 0.316 e. The Bertz CT molecular complexity index is 952. The second-order valence-electron chi connectivity index (χ2n) is 4.49. The maximum atomic E-state index is 12.0. The third kappa shape index (κ3) is 3.91. The summed E-state index contributed by atoms with van der Waals surface area (Å²) in [6, 6.07) is 13.4. The van der Waals surface area contributed by atoms with E-state index in [1.165, 1.54) is 34.4 Å². The molecule has 0 bridgehead atoms. The molecular formula is C15H10N4OS4. The number of hydrogen-bond acceptors (Lipinski definition) is 7. The first-order chi connectivity index (χ1) is 11.7. The quantitative estimate of drug-likeness (QED) is 0.519. The highest BCUT2D eigenvalue weighted by Crippen LogP contribution is 2.26. The molecule has 0 aliphatic carbocycles. The number of carbonyl (C=O) groups excluding carboxylic acids is 1. The van der Waals surface area contributed by atoms with Gasteiger partial charge in [-0.05, 0) is 35.8 Å². The van der Waals surface area contributed by atoms with Crippen LogP contribution in [0, 0.1) is 15.3 Å². The molecule has 0 aliphatic heterocycles. The molecular weight excluding hydrogens is 380 g/mol. The topological polar surface area (TPSA) is 70.7 Å². The number of rotatable bonds is 5. The molecule has 0 fully saturated rings. The van der Waals surface area contributed by atoms with E-state index in [0.717, 1.165) is 10.0 Å². The molecule has 3 aromatic rings. The van der Waals surface area contributed by atoms with Gasteiger partial charge in [0.1, 0.15) is 11.1 Å². The van der Waals surface area contributed by atoms with Crippen molar-refractivity contribution in [3.05, 3.63) is 51.3 Å². The lowest BCUT2D eigenvalue weighted by Crippen LogP contribution is -2.13. The van der Waals surface area contributed by atoms with Gasteiger partial charge in [0.15, 0.2) is 8.29 Å². The van der Waals surface area contributed by atoms with Gasteiger partial charge in [0.05, 0.1) is 17.0 Å². The lowest BCUT2D eigenvalue weighted by Gasteiger charge is -2.01. The van der Waals surface area contributed by atoms with Crippen molar-refractivity contribution in [3.8, 4) is 11.8 Å². The molecule has 1 amide bonds. The molecule has 3 rings (SSSR count). The smallest absolute Gasteiger partial charge is 0.235 e. The average molecular weight is 391 g/mol. The Kier molecular flexibility index (Phi) is 5.42. The fourth-order valence-electron chi connectivity index (χ4n) is 1.84. The summed E-state index contributed by atoms with van der Waals surface area (Å²) >= 11 is 9.35. The lowest BCUT2D eigenvalue weighted by atomic mass is 10.3. The molecule has 24 heavy (non-hydrogen) atoms. The minimum atomic E-state index is -0.175. The van der Waals surface area contributed by atoms with E-state index in [0.29, 0.717) is 14.5 Å². The monoisotopic (exact) mass is 390 g/mol. The number of nitrogens with one attached hydrogen (secondary N) is 1. The summed E-state index contributed by atoms with van der Waals surface area (Å²) in [4.78, 5) is 12.0. The summed E-state index contributed by atoms with van der Waals surface area (Å²) in [7, 11) is 0. The van der Waals surface area contributed by atoms with Crippen molar-refractivity contribution in [2.24, 2.45) is 0 Å². The number of amides is 1. The van der Waals surface area contributed by atoms with Gasteiger partial charge < -0.3 is 5.32 Å². The third-order valence-electron chi connectivity index (χ3n) is 2.90. The fourth-order valence-corrected chi connectivity index (χ4v) is 4.75. The summed E-state index contributed by atoms with van der Waals surface area (Å²) in [5.41, 5.74) is 1.37. The van der Waals surface area contributed by atoms with Gasteiger partial charge in [-0.15, -0.1) is 16.4 Å². The Hall–Kier alpha value is -1.99. The van der Waals surface area contributed by atoms with Crippen LogP contribution in [0.1, 0.15) is 5.56 Å². The summed E-state index contributed by atoms with van der Waals surface area (Å²) < 4.78 is 3.05. The van der Waals surface area contributed by atoms with Gasteiger partial charge >= 0.3 is 0 Å². The number of nitriles is 1. The Balaban J connectivity index is 1.64. The van der Waals surface area contributed by atoms with Crippen molar-refractivity contribution in [2.45, 2.75) is 4.34 Å². The van der Waals surface area contributed by atoms with Gasteiger partial charge in [-0.2, -0.15) is 5.26 Å². The van der Waals surface area contributed by atoms with Crippen molar-refractivity contribution in [3.63, 3.8) is 0 Å². The minimum absolute atomic E-state index is 0.175. The van der Waals surface area contributed by atoms with E-state index >= 15 is 0 Å². The van der Waals surface area contributed by atoms with Gasteiger partial charge in [0.25, 0.3) is 0 Å². The molecule has 0 atom stereocenters. The molecule has 0 saturated carbocycles. The number of carbonyl (C=O) groups is 1. The average Bonchev–Trinajstić information content (AvgIpc) is 3.20. The summed E-state index contributed by atoms with van der Waals surface area (Å²) in [6.45, 7) is 0. The summed E-state index contributed by atoms with van der Waals surface area (Å²) in [5, 5.41) is 18.5. The van der Waals surface area contributed by atoms with E-state index in [9.17, 15) is 4.79 Å². The predicted octanol–water partition coefficient (Wildman–Crippen LogP) is 4.33. The van der Waals surface area contributed by atoms with E-state index in [4.69, 9.17) is 17.5 Å². The lowest BCUT2D eigenvalue weighted by molar-refractivity contribution is -0.113. The van der Waals surface area contributed by atoms with Crippen LogP contribution in [0.25, 0.3) is 5.69 Å². The molecule has 5 nitrogen and oxygen atoms in total. The number of thioether (sulfide) groups is 1. The standard InChI is InChI=1S/C15H10N4OS4/c16-8-10-6-7-22-13(10)17-12(20)9-23-14-18-19(15(21)24-14)11-4-2-1-3-5-11/h1-7H,9H2,(H,17,20). The van der Waals surface area contributed by atoms with Crippen LogP contribution < -0.4 is 5.32 Å². The van der Waals surface area contributed by atoms with Crippen molar-refractivity contribution in [1.82, 2.24) is 9.78 Å². The van der Waals surface area contributed by atoms with Crippen LogP contribution in [0.2, 0.25) is 0 Å². The summed E-state index contributed by atoms with van der Waals surface area (Å²) in [6.07, 6.45) is 0. The molecule has 9 heteroatoms. The van der Waals surface area contributed by atoms with Crippen molar-refractivity contribution < 1.29 is 4.79 Å². The second kappa shape index (κ2) is 7.72. The van der Waals surface area contributed by atoms with E-state index in [2.05, 4.69) is 10.4 Å². The van der Waals surface area contributed by atoms with Crippen molar-refractivity contribution in [1.29, 1.82) is 5.26 Å². The molecule has 2 aromatic heterocycles. The number of benzene rings is 1. The molecule has 0 radical (unpaired) electrons. The molecule has 0 aliphatic rings. The number of anilines is 1. The zero-order valence-corrected chi connectivity index (χ0v) is 15.4. The van der Waals surface area contributed by atoms with Gasteiger partial charge in [-0.1, -0.05) is 41.3 Å². The fraction of sp³-hybridized carbons (Fsp3) is 0.0667. The first-order valence-corrected chi connectivity index (χ1v) is 9.82. The minimum Gasteiger partial charge on any atom is -0.316 e. The Morgan fingerprint density at radius 2 is 2.17 bits per heavy atom. The van der Waals surface area contributed by atoms with Crippen LogP contribution in [0.15, 0.2) is 46.1 Å². The van der Waals surface area contributed by atoms with Crippen LogP contribution in [0.5, 0.6) is 0 Å². The Labute approximate surface area is 155 Å². The van der Waals surface area contributed by atoms with Crippen LogP contribution in [0.4, 0.5) is 5.00 Å². The normalized spacial score (nSPS) is 10.3. The number of hydrogen-bond donors (Lipinski definition) is 1. The zero-order chi connectivity index (χ0) is 16.9. The van der Waals surface area contributed by atoms with Crippen LogP contribution >= 0.6 is 46.7 Å². The first-order valence-electron chi connectivity index (χ1n) is 6.73. The van der Waals surface area contributed by atoms with E-state index in [-0.39, 0.29) is 11.7 Å². The highest BCUT2D eigenvalue weighted by molar-refractivity contribution is 8.01.